The third-order valence-corrected chi connectivity index (χ3v) is 8.30. The van der Waals surface area contributed by atoms with Gasteiger partial charge in [0.2, 0.25) is 5.91 Å². The van der Waals surface area contributed by atoms with Crippen LogP contribution in [0.15, 0.2) is 18.2 Å². The SMILES string of the molecule is C[C@H](c1ccc(F)c(OCC2CC2)c1)N1CCN(CCCCN2CC(=O)NC2=O)S1(=O)=O. The van der Waals surface area contributed by atoms with Gasteiger partial charge in [0.15, 0.2) is 11.6 Å². The summed E-state index contributed by atoms with van der Waals surface area (Å²) in [5, 5.41) is 2.22. The molecule has 2 saturated heterocycles. The predicted octanol–water partition coefficient (Wildman–Crippen LogP) is 1.87. The lowest BCUT2D eigenvalue weighted by atomic mass is 10.1. The molecule has 1 aliphatic carbocycles. The number of halogens is 1. The number of benzene rings is 1. The summed E-state index contributed by atoms with van der Waals surface area (Å²) in [7, 11) is -3.65. The first-order chi connectivity index (χ1) is 15.3. The molecule has 32 heavy (non-hydrogen) atoms. The van der Waals surface area contributed by atoms with E-state index in [9.17, 15) is 22.4 Å². The fourth-order valence-corrected chi connectivity index (χ4v) is 5.82. The molecule has 2 heterocycles. The maximum atomic E-state index is 14.1. The molecule has 9 nitrogen and oxygen atoms in total. The van der Waals surface area contributed by atoms with Crippen LogP contribution in [-0.2, 0) is 15.0 Å². The maximum absolute atomic E-state index is 14.1. The Morgan fingerprint density at radius 2 is 1.94 bits per heavy atom. The van der Waals surface area contributed by atoms with E-state index in [-0.39, 0.29) is 18.2 Å². The van der Waals surface area contributed by atoms with Gasteiger partial charge in [-0.3, -0.25) is 10.1 Å². The number of carbonyl (C=O) groups excluding carboxylic acids is 2. The number of nitrogens with zero attached hydrogens (tertiary/aromatic N) is 3. The van der Waals surface area contributed by atoms with Gasteiger partial charge < -0.3 is 9.64 Å². The molecule has 3 fully saturated rings. The molecule has 0 aromatic heterocycles. The van der Waals surface area contributed by atoms with E-state index in [1.807, 2.05) is 0 Å². The Hall–Kier alpha value is -2.24. The number of hydrogen-bond acceptors (Lipinski definition) is 5. The van der Waals surface area contributed by atoms with Gasteiger partial charge in [-0.05, 0) is 56.2 Å². The third-order valence-electron chi connectivity index (χ3n) is 6.19. The standard InChI is InChI=1S/C21H29FN4O5S/c1-15(17-6-7-18(22)19(12-17)31-14-16-4-5-16)26-11-10-25(32(26,29)30)9-3-2-8-24-13-20(27)23-21(24)28/h6-7,12,15-16H,2-5,8-11,13-14H2,1H3,(H,23,27,28)/t15-/m1/s1. The highest BCUT2D eigenvalue weighted by molar-refractivity contribution is 7.87. The van der Waals surface area contributed by atoms with E-state index in [4.69, 9.17) is 4.74 Å². The maximum Gasteiger partial charge on any atom is 0.324 e. The molecule has 1 N–H and O–H groups in total. The number of hydrogen-bond donors (Lipinski definition) is 1. The van der Waals surface area contributed by atoms with Crippen LogP contribution >= 0.6 is 0 Å². The first-order valence-corrected chi connectivity index (χ1v) is 12.4. The highest BCUT2D eigenvalue weighted by atomic mass is 32.2. The van der Waals surface area contributed by atoms with Crippen LogP contribution in [0.5, 0.6) is 5.75 Å². The van der Waals surface area contributed by atoms with Crippen LogP contribution in [0, 0.1) is 11.7 Å². The van der Waals surface area contributed by atoms with E-state index in [0.717, 1.165) is 12.8 Å². The van der Waals surface area contributed by atoms with Crippen molar-refractivity contribution in [2.75, 3.05) is 39.3 Å². The van der Waals surface area contributed by atoms with Gasteiger partial charge in [-0.1, -0.05) is 6.07 Å². The summed E-state index contributed by atoms with van der Waals surface area (Å²) >= 11 is 0. The molecule has 1 aromatic rings. The summed E-state index contributed by atoms with van der Waals surface area (Å²) in [4.78, 5) is 24.2. The smallest absolute Gasteiger partial charge is 0.324 e. The van der Waals surface area contributed by atoms with Crippen LogP contribution in [-0.4, -0.2) is 73.2 Å². The van der Waals surface area contributed by atoms with Gasteiger partial charge in [-0.25, -0.2) is 9.18 Å². The van der Waals surface area contributed by atoms with Gasteiger partial charge in [0.25, 0.3) is 10.2 Å². The summed E-state index contributed by atoms with van der Waals surface area (Å²) in [6.07, 6.45) is 3.38. The van der Waals surface area contributed by atoms with Gasteiger partial charge in [0, 0.05) is 32.2 Å². The monoisotopic (exact) mass is 468 g/mol. The van der Waals surface area contributed by atoms with Crippen molar-refractivity contribution in [3.63, 3.8) is 0 Å². The molecule has 3 aliphatic rings. The topological polar surface area (TPSA) is 99.3 Å². The van der Waals surface area contributed by atoms with Crippen LogP contribution in [0.1, 0.15) is 44.2 Å². The largest absolute Gasteiger partial charge is 0.490 e. The van der Waals surface area contributed by atoms with E-state index >= 15 is 0 Å². The van der Waals surface area contributed by atoms with Crippen LogP contribution in [0.3, 0.4) is 0 Å². The van der Waals surface area contributed by atoms with E-state index in [1.54, 1.807) is 19.1 Å². The Balaban J connectivity index is 1.32. The zero-order valence-electron chi connectivity index (χ0n) is 18.1. The molecule has 176 valence electrons. The quantitative estimate of drug-likeness (QED) is 0.418. The molecule has 4 rings (SSSR count). The predicted molar refractivity (Wildman–Crippen MR) is 115 cm³/mol. The van der Waals surface area contributed by atoms with Crippen molar-refractivity contribution in [3.8, 4) is 5.75 Å². The Morgan fingerprint density at radius 3 is 2.62 bits per heavy atom. The van der Waals surface area contributed by atoms with E-state index in [1.165, 1.54) is 19.6 Å². The second kappa shape index (κ2) is 9.32. The molecule has 0 unspecified atom stereocenters. The van der Waals surface area contributed by atoms with Crippen molar-refractivity contribution in [1.82, 2.24) is 18.8 Å². The van der Waals surface area contributed by atoms with Gasteiger partial charge >= 0.3 is 6.03 Å². The van der Waals surface area contributed by atoms with Crippen molar-refractivity contribution >= 4 is 22.1 Å². The molecule has 0 bridgehead atoms. The molecule has 1 saturated carbocycles. The molecule has 3 amide bonds. The lowest BCUT2D eigenvalue weighted by Gasteiger charge is -2.25. The zero-order valence-corrected chi connectivity index (χ0v) is 18.9. The number of amides is 3. The molecular weight excluding hydrogens is 439 g/mol. The van der Waals surface area contributed by atoms with Gasteiger partial charge in [0.1, 0.15) is 6.54 Å². The van der Waals surface area contributed by atoms with Gasteiger partial charge in [0.05, 0.1) is 6.61 Å². The van der Waals surface area contributed by atoms with Crippen molar-refractivity contribution in [1.29, 1.82) is 0 Å². The summed E-state index contributed by atoms with van der Waals surface area (Å²) in [6.45, 7) is 3.80. The van der Waals surface area contributed by atoms with Crippen LogP contribution in [0.25, 0.3) is 0 Å². The number of urea groups is 1. The van der Waals surface area contributed by atoms with Crippen LogP contribution in [0.4, 0.5) is 9.18 Å². The lowest BCUT2D eigenvalue weighted by molar-refractivity contribution is -0.118. The van der Waals surface area contributed by atoms with Gasteiger partial charge in [-0.2, -0.15) is 17.0 Å². The molecule has 2 aliphatic heterocycles. The number of nitrogens with one attached hydrogen (secondary N) is 1. The number of rotatable bonds is 10. The fraction of sp³-hybridized carbons (Fsp3) is 0.619. The molecule has 0 spiro atoms. The van der Waals surface area contributed by atoms with Crippen LogP contribution in [0.2, 0.25) is 0 Å². The average molecular weight is 469 g/mol. The lowest BCUT2D eigenvalue weighted by Crippen LogP contribution is -2.35. The minimum Gasteiger partial charge on any atom is -0.490 e. The zero-order chi connectivity index (χ0) is 22.9. The Labute approximate surface area is 187 Å². The number of imide groups is 1. The van der Waals surface area contributed by atoms with Crippen molar-refractivity contribution in [3.05, 3.63) is 29.6 Å². The molecule has 1 atom stereocenters. The summed E-state index contributed by atoms with van der Waals surface area (Å²) in [5.74, 6) is -0.105. The fourth-order valence-electron chi connectivity index (χ4n) is 4.01. The number of ether oxygens (including phenoxy) is 1. The summed E-state index contributed by atoms with van der Waals surface area (Å²) in [6, 6.07) is 3.68. The number of carbonyl (C=O) groups is 2. The second-order valence-corrected chi connectivity index (χ2v) is 10.5. The highest BCUT2D eigenvalue weighted by Gasteiger charge is 2.39. The van der Waals surface area contributed by atoms with E-state index in [0.29, 0.717) is 57.1 Å². The Morgan fingerprint density at radius 1 is 1.19 bits per heavy atom. The molecule has 1 aromatic carbocycles. The normalized spacial score (nSPS) is 22.4. The van der Waals surface area contributed by atoms with E-state index < -0.39 is 28.1 Å². The molecular formula is C21H29FN4O5S. The van der Waals surface area contributed by atoms with E-state index in [2.05, 4.69) is 5.32 Å². The number of unbranched alkanes of at least 4 members (excludes halogenated alkanes) is 1. The highest BCUT2D eigenvalue weighted by Crippen LogP contribution is 2.33. The first kappa shape index (κ1) is 22.9. The summed E-state index contributed by atoms with van der Waals surface area (Å²) in [5.41, 5.74) is 0.687. The third kappa shape index (κ3) is 5.05. The Kier molecular flexibility index (Phi) is 6.68. The summed E-state index contributed by atoms with van der Waals surface area (Å²) < 4.78 is 48.7. The molecule has 0 radical (unpaired) electrons. The second-order valence-electron chi connectivity index (χ2n) is 8.62. The van der Waals surface area contributed by atoms with Crippen molar-refractivity contribution in [2.24, 2.45) is 5.92 Å². The minimum atomic E-state index is -3.65. The first-order valence-electron chi connectivity index (χ1n) is 11.0. The minimum absolute atomic E-state index is 0.0518. The van der Waals surface area contributed by atoms with Crippen molar-refractivity contribution < 1.29 is 27.1 Å². The van der Waals surface area contributed by atoms with Crippen LogP contribution < -0.4 is 10.1 Å². The Bertz CT molecular complexity index is 984. The van der Waals surface area contributed by atoms with Crippen molar-refractivity contribution in [2.45, 2.75) is 38.6 Å². The average Bonchev–Trinajstić information content (AvgIpc) is 3.45. The van der Waals surface area contributed by atoms with Gasteiger partial charge in [-0.15, -0.1) is 0 Å². The molecule has 11 heteroatoms.